The normalized spacial score (nSPS) is 12.0. The average Bonchev–Trinajstić information content (AvgIpc) is 2.86. The Morgan fingerprint density at radius 1 is 1.18 bits per heavy atom. The first-order chi connectivity index (χ1) is 13.1. The molecular weight excluding hydrogens is 358 g/mol. The van der Waals surface area contributed by atoms with Crippen molar-refractivity contribution in [2.45, 2.75) is 53.6 Å². The summed E-state index contributed by atoms with van der Waals surface area (Å²) < 4.78 is 12.5. The van der Waals surface area contributed by atoms with Crippen LogP contribution in [0.15, 0.2) is 18.2 Å². The zero-order valence-corrected chi connectivity index (χ0v) is 17.6. The quantitative estimate of drug-likeness (QED) is 0.736. The van der Waals surface area contributed by atoms with Crippen LogP contribution in [0, 0.1) is 20.8 Å². The van der Waals surface area contributed by atoms with Crippen molar-refractivity contribution >= 4 is 17.6 Å². The SMILES string of the molecule is Cc1ccc(C(C)C)cc1OCC(=O)O[C@@H](C)C(=O)Nc1c(C)nn(C)c1C. The molecule has 2 aromatic rings. The second-order valence-electron chi connectivity index (χ2n) is 7.26. The fraction of sp³-hybridized carbons (Fsp3) is 0.476. The van der Waals surface area contributed by atoms with Gasteiger partial charge in [0, 0.05) is 7.05 Å². The highest BCUT2D eigenvalue weighted by Crippen LogP contribution is 2.24. The van der Waals surface area contributed by atoms with E-state index in [0.717, 1.165) is 16.8 Å². The van der Waals surface area contributed by atoms with Gasteiger partial charge in [0.2, 0.25) is 0 Å². The van der Waals surface area contributed by atoms with Gasteiger partial charge in [0.25, 0.3) is 5.91 Å². The van der Waals surface area contributed by atoms with Crippen molar-refractivity contribution < 1.29 is 19.1 Å². The molecule has 0 aliphatic carbocycles. The number of carbonyl (C=O) groups excluding carboxylic acids is 2. The monoisotopic (exact) mass is 387 g/mol. The van der Waals surface area contributed by atoms with Gasteiger partial charge >= 0.3 is 5.97 Å². The molecule has 1 aromatic heterocycles. The van der Waals surface area contributed by atoms with E-state index in [1.165, 1.54) is 6.92 Å². The second-order valence-corrected chi connectivity index (χ2v) is 7.26. The molecule has 0 bridgehead atoms. The number of anilines is 1. The van der Waals surface area contributed by atoms with Gasteiger partial charge in [0.15, 0.2) is 12.7 Å². The Morgan fingerprint density at radius 2 is 1.86 bits per heavy atom. The highest BCUT2D eigenvalue weighted by molar-refractivity contribution is 5.96. The van der Waals surface area contributed by atoms with E-state index in [1.807, 2.05) is 32.0 Å². The van der Waals surface area contributed by atoms with Crippen LogP contribution in [0.3, 0.4) is 0 Å². The van der Waals surface area contributed by atoms with Crippen LogP contribution in [0.25, 0.3) is 0 Å². The van der Waals surface area contributed by atoms with Crippen LogP contribution in [0.2, 0.25) is 0 Å². The van der Waals surface area contributed by atoms with Gasteiger partial charge in [-0.3, -0.25) is 9.48 Å². The third kappa shape index (κ3) is 5.12. The summed E-state index contributed by atoms with van der Waals surface area (Å²) in [5, 5.41) is 7.02. The zero-order chi connectivity index (χ0) is 21.0. The molecule has 1 heterocycles. The number of carbonyl (C=O) groups is 2. The standard InChI is InChI=1S/C21H29N3O4/c1-12(2)17-9-8-13(3)18(10-17)27-11-19(25)28-16(6)21(26)22-20-14(4)23-24(7)15(20)5/h8-10,12,16H,11H2,1-7H3,(H,22,26)/t16-/m0/s1. The number of rotatable bonds is 7. The Morgan fingerprint density at radius 3 is 2.43 bits per heavy atom. The van der Waals surface area contributed by atoms with Gasteiger partial charge in [-0.2, -0.15) is 5.10 Å². The molecule has 7 nitrogen and oxygen atoms in total. The van der Waals surface area contributed by atoms with E-state index in [0.29, 0.717) is 23.0 Å². The molecule has 28 heavy (non-hydrogen) atoms. The Balaban J connectivity index is 1.92. The second kappa shape index (κ2) is 8.91. The van der Waals surface area contributed by atoms with Crippen LogP contribution in [0.4, 0.5) is 5.69 Å². The predicted octanol–water partition coefficient (Wildman–Crippen LogP) is 3.42. The van der Waals surface area contributed by atoms with E-state index in [4.69, 9.17) is 9.47 Å². The Bertz CT molecular complexity index is 871. The first kappa shape index (κ1) is 21.5. The lowest BCUT2D eigenvalue weighted by atomic mass is 10.0. The summed E-state index contributed by atoms with van der Waals surface area (Å²) in [6, 6.07) is 5.93. The number of aromatic nitrogens is 2. The van der Waals surface area contributed by atoms with Crippen molar-refractivity contribution in [3.63, 3.8) is 0 Å². The fourth-order valence-corrected chi connectivity index (χ4v) is 2.73. The molecule has 0 radical (unpaired) electrons. The van der Waals surface area contributed by atoms with Crippen molar-refractivity contribution in [1.82, 2.24) is 9.78 Å². The van der Waals surface area contributed by atoms with Crippen molar-refractivity contribution in [2.75, 3.05) is 11.9 Å². The minimum absolute atomic E-state index is 0.259. The van der Waals surface area contributed by atoms with Crippen molar-refractivity contribution in [3.8, 4) is 5.75 Å². The van der Waals surface area contributed by atoms with E-state index in [9.17, 15) is 9.59 Å². The summed E-state index contributed by atoms with van der Waals surface area (Å²) in [5.41, 5.74) is 4.23. The summed E-state index contributed by atoms with van der Waals surface area (Å²) >= 11 is 0. The maximum absolute atomic E-state index is 12.3. The summed E-state index contributed by atoms with van der Waals surface area (Å²) in [6.07, 6.45) is -0.946. The van der Waals surface area contributed by atoms with Gasteiger partial charge in [-0.25, -0.2) is 4.79 Å². The third-order valence-corrected chi connectivity index (χ3v) is 4.66. The molecule has 0 spiro atoms. The highest BCUT2D eigenvalue weighted by atomic mass is 16.6. The molecule has 7 heteroatoms. The van der Waals surface area contributed by atoms with Crippen molar-refractivity contribution in [1.29, 1.82) is 0 Å². The number of hydrogen-bond donors (Lipinski definition) is 1. The van der Waals surface area contributed by atoms with Gasteiger partial charge in [0.1, 0.15) is 5.75 Å². The summed E-state index contributed by atoms with van der Waals surface area (Å²) in [5.74, 6) is -0.0120. The van der Waals surface area contributed by atoms with Crippen LogP contribution in [0.5, 0.6) is 5.75 Å². The van der Waals surface area contributed by atoms with E-state index < -0.39 is 18.0 Å². The molecule has 1 amide bonds. The lowest BCUT2D eigenvalue weighted by Gasteiger charge is -2.15. The first-order valence-electron chi connectivity index (χ1n) is 9.34. The summed E-state index contributed by atoms with van der Waals surface area (Å²) in [7, 11) is 1.80. The third-order valence-electron chi connectivity index (χ3n) is 4.66. The number of hydrogen-bond acceptors (Lipinski definition) is 5. The largest absolute Gasteiger partial charge is 0.482 e. The van der Waals surface area contributed by atoms with Crippen LogP contribution < -0.4 is 10.1 Å². The number of benzene rings is 1. The van der Waals surface area contributed by atoms with Gasteiger partial charge in [-0.15, -0.1) is 0 Å². The molecule has 1 aromatic carbocycles. The highest BCUT2D eigenvalue weighted by Gasteiger charge is 2.21. The van der Waals surface area contributed by atoms with Gasteiger partial charge in [0.05, 0.1) is 17.1 Å². The average molecular weight is 387 g/mol. The van der Waals surface area contributed by atoms with Gasteiger partial charge in [-0.05, 0) is 50.8 Å². The lowest BCUT2D eigenvalue weighted by Crippen LogP contribution is -2.32. The number of nitrogens with zero attached hydrogens (tertiary/aromatic N) is 2. The smallest absolute Gasteiger partial charge is 0.344 e. The molecule has 152 valence electrons. The number of esters is 1. The molecule has 0 aliphatic heterocycles. The zero-order valence-electron chi connectivity index (χ0n) is 17.6. The molecular formula is C21H29N3O4. The Kier molecular flexibility index (Phi) is 6.83. The Labute approximate surface area is 166 Å². The Hall–Kier alpha value is -2.83. The fourth-order valence-electron chi connectivity index (χ4n) is 2.73. The number of aryl methyl sites for hydroxylation is 3. The van der Waals surface area contributed by atoms with Gasteiger partial charge in [-0.1, -0.05) is 26.0 Å². The van der Waals surface area contributed by atoms with Gasteiger partial charge < -0.3 is 14.8 Å². The van der Waals surface area contributed by atoms with E-state index in [1.54, 1.807) is 18.7 Å². The van der Waals surface area contributed by atoms with E-state index in [-0.39, 0.29) is 6.61 Å². The van der Waals surface area contributed by atoms with Crippen molar-refractivity contribution in [2.24, 2.45) is 7.05 Å². The van der Waals surface area contributed by atoms with E-state index in [2.05, 4.69) is 24.3 Å². The molecule has 1 atom stereocenters. The topological polar surface area (TPSA) is 82.4 Å². The summed E-state index contributed by atoms with van der Waals surface area (Å²) in [6.45, 7) is 11.0. The molecule has 0 aliphatic rings. The molecule has 0 saturated carbocycles. The maximum Gasteiger partial charge on any atom is 0.344 e. The first-order valence-corrected chi connectivity index (χ1v) is 9.34. The maximum atomic E-state index is 12.3. The number of ether oxygens (including phenoxy) is 2. The van der Waals surface area contributed by atoms with E-state index >= 15 is 0 Å². The number of amides is 1. The molecule has 0 unspecified atom stereocenters. The van der Waals surface area contributed by atoms with Crippen LogP contribution in [-0.2, 0) is 21.4 Å². The molecule has 2 rings (SSSR count). The minimum atomic E-state index is -0.946. The molecule has 0 fully saturated rings. The molecule has 0 saturated heterocycles. The lowest BCUT2D eigenvalue weighted by molar-refractivity contribution is -0.155. The molecule has 1 N–H and O–H groups in total. The van der Waals surface area contributed by atoms with Crippen LogP contribution in [-0.4, -0.2) is 34.4 Å². The predicted molar refractivity (Wildman–Crippen MR) is 108 cm³/mol. The number of nitrogens with one attached hydrogen (secondary N) is 1. The van der Waals surface area contributed by atoms with Crippen molar-refractivity contribution in [3.05, 3.63) is 40.7 Å². The van der Waals surface area contributed by atoms with Crippen LogP contribution in [0.1, 0.15) is 49.2 Å². The summed E-state index contributed by atoms with van der Waals surface area (Å²) in [4.78, 5) is 24.5. The van der Waals surface area contributed by atoms with Crippen LogP contribution >= 0.6 is 0 Å². The minimum Gasteiger partial charge on any atom is -0.482 e.